The summed E-state index contributed by atoms with van der Waals surface area (Å²) >= 11 is 0. The van der Waals surface area contributed by atoms with E-state index in [4.69, 9.17) is 9.47 Å². The maximum absolute atomic E-state index is 10.5. The second-order valence-electron chi connectivity index (χ2n) is 6.66. The predicted molar refractivity (Wildman–Crippen MR) is 81.8 cm³/mol. The lowest BCUT2D eigenvalue weighted by molar-refractivity contribution is -0.0338. The summed E-state index contributed by atoms with van der Waals surface area (Å²) < 4.78 is 12.0. The van der Waals surface area contributed by atoms with Crippen molar-refractivity contribution in [3.63, 3.8) is 0 Å². The van der Waals surface area contributed by atoms with Gasteiger partial charge in [-0.1, -0.05) is 13.8 Å². The summed E-state index contributed by atoms with van der Waals surface area (Å²) in [6.07, 6.45) is 2.12. The molecular weight excluding hydrogens is 266 g/mol. The van der Waals surface area contributed by atoms with Gasteiger partial charge in [0.25, 0.3) is 0 Å². The molecule has 1 saturated heterocycles. The van der Waals surface area contributed by atoms with Crippen molar-refractivity contribution in [2.75, 3.05) is 19.7 Å². The molecule has 1 aromatic rings. The number of fused-ring (bicyclic) bond motifs is 1. The maximum Gasteiger partial charge on any atom is 0.126 e. The molecule has 2 heterocycles. The highest BCUT2D eigenvalue weighted by Crippen LogP contribution is 2.44. The maximum atomic E-state index is 10.5. The van der Waals surface area contributed by atoms with Gasteiger partial charge in [0.1, 0.15) is 17.1 Å². The highest BCUT2D eigenvalue weighted by atomic mass is 16.5. The van der Waals surface area contributed by atoms with Gasteiger partial charge in [-0.2, -0.15) is 0 Å². The third-order valence-electron chi connectivity index (χ3n) is 4.33. The van der Waals surface area contributed by atoms with E-state index in [2.05, 4.69) is 19.2 Å². The van der Waals surface area contributed by atoms with Crippen LogP contribution in [0.3, 0.4) is 0 Å². The largest absolute Gasteiger partial charge is 0.493 e. The first-order valence-electron chi connectivity index (χ1n) is 7.92. The summed E-state index contributed by atoms with van der Waals surface area (Å²) in [6, 6.07) is 5.81. The molecule has 0 amide bonds. The number of rotatable bonds is 3. The van der Waals surface area contributed by atoms with Gasteiger partial charge in [0.15, 0.2) is 0 Å². The minimum atomic E-state index is -0.463. The molecule has 2 N–H and O–H groups in total. The van der Waals surface area contributed by atoms with Crippen LogP contribution < -0.4 is 14.8 Å². The van der Waals surface area contributed by atoms with Crippen LogP contribution in [-0.4, -0.2) is 30.4 Å². The van der Waals surface area contributed by atoms with Gasteiger partial charge in [0, 0.05) is 12.0 Å². The van der Waals surface area contributed by atoms with E-state index in [1.165, 1.54) is 0 Å². The van der Waals surface area contributed by atoms with Gasteiger partial charge < -0.3 is 19.9 Å². The van der Waals surface area contributed by atoms with E-state index in [-0.39, 0.29) is 5.60 Å². The molecule has 0 radical (unpaired) electrons. The Kier molecular flexibility index (Phi) is 4.09. The van der Waals surface area contributed by atoms with Gasteiger partial charge in [0.2, 0.25) is 0 Å². The summed E-state index contributed by atoms with van der Waals surface area (Å²) in [7, 11) is 0. The first kappa shape index (κ1) is 14.7. The summed E-state index contributed by atoms with van der Waals surface area (Å²) in [6.45, 7) is 6.84. The normalized spacial score (nSPS) is 23.7. The second-order valence-corrected chi connectivity index (χ2v) is 6.66. The lowest BCUT2D eigenvalue weighted by Gasteiger charge is -2.43. The van der Waals surface area contributed by atoms with Gasteiger partial charge in [0.05, 0.1) is 12.7 Å². The Hall–Kier alpha value is -1.26. The molecule has 0 aliphatic carbocycles. The molecule has 1 atom stereocenters. The number of ether oxygens (including phenoxy) is 2. The topological polar surface area (TPSA) is 50.7 Å². The van der Waals surface area contributed by atoms with Crippen molar-refractivity contribution in [3.8, 4) is 11.5 Å². The van der Waals surface area contributed by atoms with Gasteiger partial charge in [-0.05, 0) is 50.0 Å². The third kappa shape index (κ3) is 3.16. The SMILES string of the molecule is CC(C)COc1ccc2c(c1)[C@@H](O)CC1(CCNCC1)O2. The van der Waals surface area contributed by atoms with Crippen molar-refractivity contribution in [2.45, 2.75) is 44.8 Å². The average molecular weight is 291 g/mol. The van der Waals surface area contributed by atoms with E-state index in [9.17, 15) is 5.11 Å². The number of hydrogen-bond donors (Lipinski definition) is 2. The number of piperidine rings is 1. The highest BCUT2D eigenvalue weighted by molar-refractivity contribution is 5.43. The molecule has 1 spiro atoms. The zero-order valence-electron chi connectivity index (χ0n) is 12.9. The fourth-order valence-corrected chi connectivity index (χ4v) is 3.16. The Balaban J connectivity index is 1.79. The molecule has 4 nitrogen and oxygen atoms in total. The van der Waals surface area contributed by atoms with E-state index < -0.39 is 6.10 Å². The number of nitrogens with one attached hydrogen (secondary N) is 1. The van der Waals surface area contributed by atoms with Crippen LogP contribution in [0.25, 0.3) is 0 Å². The van der Waals surface area contributed by atoms with Crippen LogP contribution in [0.1, 0.15) is 44.8 Å². The van der Waals surface area contributed by atoms with Crippen molar-refractivity contribution >= 4 is 0 Å². The third-order valence-corrected chi connectivity index (χ3v) is 4.33. The Morgan fingerprint density at radius 1 is 1.38 bits per heavy atom. The molecule has 1 fully saturated rings. The number of benzene rings is 1. The molecule has 0 aromatic heterocycles. The molecule has 2 aliphatic rings. The molecule has 116 valence electrons. The van der Waals surface area contributed by atoms with Crippen molar-refractivity contribution < 1.29 is 14.6 Å². The van der Waals surface area contributed by atoms with Gasteiger partial charge in [-0.3, -0.25) is 0 Å². The molecule has 1 aromatic carbocycles. The van der Waals surface area contributed by atoms with Crippen LogP contribution in [0.15, 0.2) is 18.2 Å². The standard InChI is InChI=1S/C17H25NO3/c1-12(2)11-20-13-3-4-16-14(9-13)15(19)10-17(21-16)5-7-18-8-6-17/h3-4,9,12,15,18-19H,5-8,10-11H2,1-2H3/t15-/m0/s1. The Bertz CT molecular complexity index is 495. The highest BCUT2D eigenvalue weighted by Gasteiger charge is 2.41. The molecule has 3 rings (SSSR count). The zero-order valence-corrected chi connectivity index (χ0v) is 12.9. The van der Waals surface area contributed by atoms with Crippen molar-refractivity contribution in [1.82, 2.24) is 5.32 Å². The Morgan fingerprint density at radius 2 is 2.14 bits per heavy atom. The van der Waals surface area contributed by atoms with E-state index in [1.807, 2.05) is 18.2 Å². The van der Waals surface area contributed by atoms with Crippen LogP contribution in [0.5, 0.6) is 11.5 Å². The first-order chi connectivity index (χ1) is 10.1. The van der Waals surface area contributed by atoms with Crippen LogP contribution in [-0.2, 0) is 0 Å². The number of aliphatic hydroxyl groups excluding tert-OH is 1. The Morgan fingerprint density at radius 3 is 2.86 bits per heavy atom. The molecule has 21 heavy (non-hydrogen) atoms. The minimum absolute atomic E-state index is 0.196. The Labute approximate surface area is 126 Å². The zero-order chi connectivity index (χ0) is 14.9. The summed E-state index contributed by atoms with van der Waals surface area (Å²) in [5.41, 5.74) is 0.665. The molecule has 0 unspecified atom stereocenters. The molecule has 0 saturated carbocycles. The van der Waals surface area contributed by atoms with Gasteiger partial charge in [-0.15, -0.1) is 0 Å². The molecule has 0 bridgehead atoms. The van der Waals surface area contributed by atoms with Crippen LogP contribution >= 0.6 is 0 Å². The van der Waals surface area contributed by atoms with Crippen LogP contribution in [0.2, 0.25) is 0 Å². The predicted octanol–water partition coefficient (Wildman–Crippen LogP) is 2.66. The number of hydrogen-bond acceptors (Lipinski definition) is 4. The van der Waals surface area contributed by atoms with Crippen molar-refractivity contribution in [3.05, 3.63) is 23.8 Å². The molecular formula is C17H25NO3. The van der Waals surface area contributed by atoms with Crippen LogP contribution in [0.4, 0.5) is 0 Å². The number of aliphatic hydroxyl groups is 1. The average Bonchev–Trinajstić information content (AvgIpc) is 2.46. The van der Waals surface area contributed by atoms with E-state index >= 15 is 0 Å². The fraction of sp³-hybridized carbons (Fsp3) is 0.647. The van der Waals surface area contributed by atoms with Crippen molar-refractivity contribution in [1.29, 1.82) is 0 Å². The molecule has 4 heteroatoms. The molecule has 2 aliphatic heterocycles. The van der Waals surface area contributed by atoms with Crippen LogP contribution in [0, 0.1) is 5.92 Å². The fourth-order valence-electron chi connectivity index (χ4n) is 3.16. The second kappa shape index (κ2) is 5.85. The monoisotopic (exact) mass is 291 g/mol. The smallest absolute Gasteiger partial charge is 0.126 e. The first-order valence-corrected chi connectivity index (χ1v) is 7.92. The minimum Gasteiger partial charge on any atom is -0.493 e. The van der Waals surface area contributed by atoms with E-state index in [0.29, 0.717) is 18.9 Å². The lowest BCUT2D eigenvalue weighted by Crippen LogP contribution is -2.49. The van der Waals surface area contributed by atoms with E-state index in [0.717, 1.165) is 43.0 Å². The summed E-state index contributed by atoms with van der Waals surface area (Å²) in [5, 5.41) is 13.9. The van der Waals surface area contributed by atoms with Gasteiger partial charge >= 0.3 is 0 Å². The van der Waals surface area contributed by atoms with Crippen molar-refractivity contribution in [2.24, 2.45) is 5.92 Å². The quantitative estimate of drug-likeness (QED) is 0.899. The summed E-state index contributed by atoms with van der Waals surface area (Å²) in [4.78, 5) is 0. The summed E-state index contributed by atoms with van der Waals surface area (Å²) in [5.74, 6) is 2.11. The lowest BCUT2D eigenvalue weighted by atomic mass is 9.82. The van der Waals surface area contributed by atoms with Gasteiger partial charge in [-0.25, -0.2) is 0 Å². The van der Waals surface area contributed by atoms with E-state index in [1.54, 1.807) is 0 Å².